The number of hydrogen-bond donors (Lipinski definition) is 1. The van der Waals surface area contributed by atoms with E-state index in [1.807, 2.05) is 24.0 Å². The zero-order chi connectivity index (χ0) is 18.4. The van der Waals surface area contributed by atoms with Gasteiger partial charge >= 0.3 is 0 Å². The molecule has 1 aromatic carbocycles. The number of carbonyl (C=O) groups excluding carboxylic acids is 1. The molecule has 1 aliphatic rings. The van der Waals surface area contributed by atoms with E-state index in [0.717, 1.165) is 63.0 Å². The lowest BCUT2D eigenvalue weighted by Crippen LogP contribution is -2.48. The number of rotatable bonds is 6. The van der Waals surface area contributed by atoms with Crippen LogP contribution in [-0.4, -0.2) is 53.5 Å². The molecule has 138 valence electrons. The van der Waals surface area contributed by atoms with Gasteiger partial charge in [-0.2, -0.15) is 0 Å². The van der Waals surface area contributed by atoms with E-state index in [1.165, 1.54) is 5.56 Å². The molecule has 2 heterocycles. The van der Waals surface area contributed by atoms with E-state index >= 15 is 0 Å². The second-order valence-electron chi connectivity index (χ2n) is 6.67. The van der Waals surface area contributed by atoms with Crippen LogP contribution in [0.2, 0.25) is 0 Å². The Hall–Kier alpha value is -2.63. The normalized spacial score (nSPS) is 14.4. The number of nitrogens with zero attached hydrogens (tertiary/aromatic N) is 4. The highest BCUT2D eigenvalue weighted by molar-refractivity contribution is 5.73. The molecular weight excluding hydrogens is 326 g/mol. The third kappa shape index (κ3) is 4.94. The van der Waals surface area contributed by atoms with Crippen molar-refractivity contribution >= 4 is 17.5 Å². The Balaban J connectivity index is 1.53. The first kappa shape index (κ1) is 18.2. The quantitative estimate of drug-likeness (QED) is 0.809. The topological polar surface area (TPSA) is 61.4 Å². The molecule has 2 aromatic rings. The van der Waals surface area contributed by atoms with Gasteiger partial charge < -0.3 is 15.1 Å². The highest BCUT2D eigenvalue weighted by Gasteiger charge is 2.20. The number of piperazine rings is 1. The Bertz CT molecular complexity index is 726. The average molecular weight is 353 g/mol. The summed E-state index contributed by atoms with van der Waals surface area (Å²) in [6, 6.07) is 12.5. The van der Waals surface area contributed by atoms with Crippen LogP contribution in [0.1, 0.15) is 24.7 Å². The molecule has 1 N–H and O–H groups in total. The maximum absolute atomic E-state index is 11.5. The summed E-state index contributed by atoms with van der Waals surface area (Å²) in [5, 5.41) is 3.42. The van der Waals surface area contributed by atoms with Crippen molar-refractivity contribution < 1.29 is 4.79 Å². The van der Waals surface area contributed by atoms with Gasteiger partial charge in [0.2, 0.25) is 5.91 Å². The molecule has 0 saturated carbocycles. The minimum absolute atomic E-state index is 0.143. The highest BCUT2D eigenvalue weighted by Crippen LogP contribution is 2.18. The number of aryl methyl sites for hydroxylation is 2. The van der Waals surface area contributed by atoms with Crippen molar-refractivity contribution in [2.75, 3.05) is 42.9 Å². The zero-order valence-corrected chi connectivity index (χ0v) is 15.6. The molecule has 0 unspecified atom stereocenters. The minimum atomic E-state index is 0.143. The Morgan fingerprint density at radius 1 is 1.12 bits per heavy atom. The first-order chi connectivity index (χ1) is 12.6. The van der Waals surface area contributed by atoms with Crippen molar-refractivity contribution in [3.8, 4) is 0 Å². The van der Waals surface area contributed by atoms with Crippen LogP contribution < -0.4 is 10.2 Å². The van der Waals surface area contributed by atoms with E-state index < -0.39 is 0 Å². The fourth-order valence-electron chi connectivity index (χ4n) is 3.21. The predicted molar refractivity (Wildman–Crippen MR) is 104 cm³/mol. The molecule has 1 fully saturated rings. The van der Waals surface area contributed by atoms with Crippen LogP contribution in [0, 0.1) is 6.92 Å². The predicted octanol–water partition coefficient (Wildman–Crippen LogP) is 2.50. The Labute approximate surface area is 155 Å². The van der Waals surface area contributed by atoms with Gasteiger partial charge in [0.05, 0.1) is 0 Å². The third-order valence-corrected chi connectivity index (χ3v) is 4.66. The van der Waals surface area contributed by atoms with Crippen LogP contribution in [0.15, 0.2) is 36.4 Å². The summed E-state index contributed by atoms with van der Waals surface area (Å²) in [6.45, 7) is 7.54. The van der Waals surface area contributed by atoms with Crippen molar-refractivity contribution in [3.63, 3.8) is 0 Å². The van der Waals surface area contributed by atoms with Gasteiger partial charge in [-0.25, -0.2) is 9.97 Å². The van der Waals surface area contributed by atoms with Crippen LogP contribution in [0.5, 0.6) is 0 Å². The summed E-state index contributed by atoms with van der Waals surface area (Å²) in [4.78, 5) is 24.7. The van der Waals surface area contributed by atoms with Gasteiger partial charge in [0.25, 0.3) is 0 Å². The SMILES string of the molecule is CC(=O)N1CCN(c2cc(NCCCc3ccccc3)nc(C)n2)CC1. The van der Waals surface area contributed by atoms with Gasteiger partial charge in [0, 0.05) is 45.7 Å². The molecule has 1 aliphatic heterocycles. The molecule has 6 heteroatoms. The van der Waals surface area contributed by atoms with Gasteiger partial charge in [0.15, 0.2) is 0 Å². The van der Waals surface area contributed by atoms with E-state index in [0.29, 0.717) is 0 Å². The number of amides is 1. The van der Waals surface area contributed by atoms with Gasteiger partial charge in [0.1, 0.15) is 17.5 Å². The number of benzene rings is 1. The second-order valence-corrected chi connectivity index (χ2v) is 6.67. The zero-order valence-electron chi connectivity index (χ0n) is 15.6. The largest absolute Gasteiger partial charge is 0.370 e. The standard InChI is InChI=1S/C20H27N5O/c1-16-22-19(21-10-6-9-18-7-4-3-5-8-18)15-20(23-16)25-13-11-24(12-14-25)17(2)26/h3-5,7-8,15H,6,9-14H2,1-2H3,(H,21,22,23). The summed E-state index contributed by atoms with van der Waals surface area (Å²) < 4.78 is 0. The summed E-state index contributed by atoms with van der Waals surface area (Å²) in [6.07, 6.45) is 2.11. The van der Waals surface area contributed by atoms with Gasteiger partial charge in [-0.1, -0.05) is 30.3 Å². The first-order valence-electron chi connectivity index (χ1n) is 9.26. The van der Waals surface area contributed by atoms with Crippen molar-refractivity contribution in [2.45, 2.75) is 26.7 Å². The average Bonchev–Trinajstić information content (AvgIpc) is 2.66. The monoisotopic (exact) mass is 353 g/mol. The highest BCUT2D eigenvalue weighted by atomic mass is 16.2. The maximum atomic E-state index is 11.5. The van der Waals surface area contributed by atoms with E-state index in [2.05, 4.69) is 44.5 Å². The van der Waals surface area contributed by atoms with E-state index in [1.54, 1.807) is 6.92 Å². The molecule has 3 rings (SSSR count). The van der Waals surface area contributed by atoms with Gasteiger partial charge in [-0.15, -0.1) is 0 Å². The van der Waals surface area contributed by atoms with E-state index in [-0.39, 0.29) is 5.91 Å². The lowest BCUT2D eigenvalue weighted by molar-refractivity contribution is -0.129. The smallest absolute Gasteiger partial charge is 0.219 e. The van der Waals surface area contributed by atoms with Gasteiger partial charge in [-0.05, 0) is 25.3 Å². The molecule has 6 nitrogen and oxygen atoms in total. The Morgan fingerprint density at radius 3 is 2.54 bits per heavy atom. The number of nitrogens with one attached hydrogen (secondary N) is 1. The molecule has 0 bridgehead atoms. The summed E-state index contributed by atoms with van der Waals surface area (Å²) in [5.74, 6) is 2.71. The van der Waals surface area contributed by atoms with Crippen molar-refractivity contribution in [3.05, 3.63) is 47.8 Å². The lowest BCUT2D eigenvalue weighted by Gasteiger charge is -2.35. The molecular formula is C20H27N5O. The molecule has 0 spiro atoms. The molecule has 1 amide bonds. The summed E-state index contributed by atoms with van der Waals surface area (Å²) >= 11 is 0. The third-order valence-electron chi connectivity index (χ3n) is 4.66. The first-order valence-corrected chi connectivity index (χ1v) is 9.26. The fraction of sp³-hybridized carbons (Fsp3) is 0.450. The number of hydrogen-bond acceptors (Lipinski definition) is 5. The number of aromatic nitrogens is 2. The van der Waals surface area contributed by atoms with Crippen LogP contribution >= 0.6 is 0 Å². The minimum Gasteiger partial charge on any atom is -0.370 e. The molecule has 1 saturated heterocycles. The van der Waals surface area contributed by atoms with Crippen LogP contribution in [-0.2, 0) is 11.2 Å². The van der Waals surface area contributed by atoms with E-state index in [9.17, 15) is 4.79 Å². The molecule has 0 radical (unpaired) electrons. The van der Waals surface area contributed by atoms with Gasteiger partial charge in [-0.3, -0.25) is 4.79 Å². The molecule has 0 atom stereocenters. The number of anilines is 2. The second kappa shape index (κ2) is 8.65. The Morgan fingerprint density at radius 2 is 1.85 bits per heavy atom. The van der Waals surface area contributed by atoms with E-state index in [4.69, 9.17) is 0 Å². The van der Waals surface area contributed by atoms with Crippen LogP contribution in [0.3, 0.4) is 0 Å². The summed E-state index contributed by atoms with van der Waals surface area (Å²) in [7, 11) is 0. The van der Waals surface area contributed by atoms with Crippen LogP contribution in [0.25, 0.3) is 0 Å². The summed E-state index contributed by atoms with van der Waals surface area (Å²) in [5.41, 5.74) is 1.36. The van der Waals surface area contributed by atoms with Crippen LogP contribution in [0.4, 0.5) is 11.6 Å². The Kier molecular flexibility index (Phi) is 6.04. The van der Waals surface area contributed by atoms with Crippen molar-refractivity contribution in [1.82, 2.24) is 14.9 Å². The van der Waals surface area contributed by atoms with Crippen molar-refractivity contribution in [1.29, 1.82) is 0 Å². The number of carbonyl (C=O) groups is 1. The molecule has 1 aromatic heterocycles. The fourth-order valence-corrected chi connectivity index (χ4v) is 3.21. The molecule has 0 aliphatic carbocycles. The lowest BCUT2D eigenvalue weighted by atomic mass is 10.1. The van der Waals surface area contributed by atoms with Crippen molar-refractivity contribution in [2.24, 2.45) is 0 Å². The molecule has 26 heavy (non-hydrogen) atoms. The maximum Gasteiger partial charge on any atom is 0.219 e.